The van der Waals surface area contributed by atoms with Gasteiger partial charge in [-0.15, -0.1) is 10.2 Å². The van der Waals surface area contributed by atoms with Gasteiger partial charge in [0.15, 0.2) is 0 Å². The third-order valence-corrected chi connectivity index (χ3v) is 1.56. The van der Waals surface area contributed by atoms with Gasteiger partial charge in [0.2, 0.25) is 5.91 Å². The van der Waals surface area contributed by atoms with Gasteiger partial charge in [0.05, 0.1) is 6.54 Å². The SMILES string of the molecule is CC(C)NC(=O)CNc1ccc(N)nn1. The van der Waals surface area contributed by atoms with Gasteiger partial charge in [-0.25, -0.2) is 0 Å². The number of aromatic nitrogens is 2. The lowest BCUT2D eigenvalue weighted by Crippen LogP contribution is -2.34. The second kappa shape index (κ2) is 5.14. The van der Waals surface area contributed by atoms with E-state index < -0.39 is 0 Å². The molecule has 82 valence electrons. The Kier molecular flexibility index (Phi) is 3.84. The summed E-state index contributed by atoms with van der Waals surface area (Å²) in [6, 6.07) is 3.43. The molecule has 0 aromatic carbocycles. The van der Waals surface area contributed by atoms with Crippen LogP contribution in [0.25, 0.3) is 0 Å². The lowest BCUT2D eigenvalue weighted by atomic mass is 10.4. The fourth-order valence-corrected chi connectivity index (χ4v) is 0.981. The summed E-state index contributed by atoms with van der Waals surface area (Å²) in [7, 11) is 0. The van der Waals surface area contributed by atoms with Crippen molar-refractivity contribution in [3.05, 3.63) is 12.1 Å². The molecule has 6 heteroatoms. The molecule has 6 nitrogen and oxygen atoms in total. The van der Waals surface area contributed by atoms with Crippen LogP contribution < -0.4 is 16.4 Å². The molecule has 0 aliphatic carbocycles. The largest absolute Gasteiger partial charge is 0.382 e. The predicted molar refractivity (Wildman–Crippen MR) is 58.2 cm³/mol. The molecule has 4 N–H and O–H groups in total. The maximum atomic E-state index is 11.2. The first-order valence-electron chi connectivity index (χ1n) is 4.70. The van der Waals surface area contributed by atoms with Gasteiger partial charge in [-0.05, 0) is 26.0 Å². The minimum atomic E-state index is -0.0800. The summed E-state index contributed by atoms with van der Waals surface area (Å²) in [6.45, 7) is 3.98. The van der Waals surface area contributed by atoms with E-state index in [2.05, 4.69) is 20.8 Å². The Balaban J connectivity index is 2.37. The van der Waals surface area contributed by atoms with Gasteiger partial charge in [0.25, 0.3) is 0 Å². The number of nitrogens with zero attached hydrogens (tertiary/aromatic N) is 2. The molecule has 1 aromatic heterocycles. The first-order valence-corrected chi connectivity index (χ1v) is 4.70. The van der Waals surface area contributed by atoms with Gasteiger partial charge in [-0.1, -0.05) is 0 Å². The van der Waals surface area contributed by atoms with Crippen LogP contribution in [0.1, 0.15) is 13.8 Å². The van der Waals surface area contributed by atoms with Crippen LogP contribution in [0.3, 0.4) is 0 Å². The minimum absolute atomic E-state index is 0.0800. The summed E-state index contributed by atoms with van der Waals surface area (Å²) in [5.41, 5.74) is 5.37. The molecule has 0 atom stereocenters. The Morgan fingerprint density at radius 3 is 2.73 bits per heavy atom. The number of hydrogen-bond donors (Lipinski definition) is 3. The molecule has 1 aromatic rings. The van der Waals surface area contributed by atoms with Crippen molar-refractivity contribution in [1.82, 2.24) is 15.5 Å². The van der Waals surface area contributed by atoms with Gasteiger partial charge >= 0.3 is 0 Å². The van der Waals surface area contributed by atoms with Crippen molar-refractivity contribution in [2.75, 3.05) is 17.6 Å². The molecule has 0 fully saturated rings. The molecular formula is C9H15N5O. The molecule has 1 amide bonds. The highest BCUT2D eigenvalue weighted by atomic mass is 16.1. The molecule has 1 rings (SSSR count). The van der Waals surface area contributed by atoms with Crippen LogP contribution in [-0.2, 0) is 4.79 Å². The number of hydrogen-bond acceptors (Lipinski definition) is 5. The van der Waals surface area contributed by atoms with Crippen LogP contribution in [0.15, 0.2) is 12.1 Å². The van der Waals surface area contributed by atoms with Crippen molar-refractivity contribution in [3.63, 3.8) is 0 Å². The standard InChI is InChI=1S/C9H15N5O/c1-6(2)12-9(15)5-11-8-4-3-7(10)13-14-8/h3-4,6H,5H2,1-2H3,(H2,10,13)(H,11,14)(H,12,15). The van der Waals surface area contributed by atoms with E-state index >= 15 is 0 Å². The molecular weight excluding hydrogens is 194 g/mol. The van der Waals surface area contributed by atoms with Crippen LogP contribution in [0.2, 0.25) is 0 Å². The minimum Gasteiger partial charge on any atom is -0.382 e. The van der Waals surface area contributed by atoms with Crippen LogP contribution in [0.4, 0.5) is 11.6 Å². The summed E-state index contributed by atoms with van der Waals surface area (Å²) in [5.74, 6) is 0.805. The zero-order valence-corrected chi connectivity index (χ0v) is 8.82. The predicted octanol–water partition coefficient (Wildman–Crippen LogP) is -0.00470. The highest BCUT2D eigenvalue weighted by Gasteiger charge is 2.03. The highest BCUT2D eigenvalue weighted by Crippen LogP contribution is 2.01. The maximum absolute atomic E-state index is 11.2. The van der Waals surface area contributed by atoms with Gasteiger partial charge in [0, 0.05) is 6.04 Å². The summed E-state index contributed by atoms with van der Waals surface area (Å²) >= 11 is 0. The number of rotatable bonds is 4. The molecule has 1 heterocycles. The fraction of sp³-hybridized carbons (Fsp3) is 0.444. The Bertz CT molecular complexity index is 322. The number of carbonyl (C=O) groups is 1. The molecule has 0 bridgehead atoms. The van der Waals surface area contributed by atoms with E-state index in [4.69, 9.17) is 5.73 Å². The molecule has 0 aliphatic rings. The Morgan fingerprint density at radius 1 is 1.47 bits per heavy atom. The molecule has 0 saturated carbocycles. The Hall–Kier alpha value is -1.85. The van der Waals surface area contributed by atoms with E-state index in [0.29, 0.717) is 11.6 Å². The van der Waals surface area contributed by atoms with Crippen LogP contribution in [0.5, 0.6) is 0 Å². The number of carbonyl (C=O) groups excluding carboxylic acids is 1. The number of nitrogens with one attached hydrogen (secondary N) is 2. The van der Waals surface area contributed by atoms with Crippen LogP contribution >= 0.6 is 0 Å². The first-order chi connectivity index (χ1) is 7.08. The quantitative estimate of drug-likeness (QED) is 0.648. The number of nitrogen functional groups attached to an aromatic ring is 1. The van der Waals surface area contributed by atoms with E-state index in [1.54, 1.807) is 12.1 Å². The lowest BCUT2D eigenvalue weighted by molar-refractivity contribution is -0.119. The summed E-state index contributed by atoms with van der Waals surface area (Å²) in [6.07, 6.45) is 0. The zero-order valence-electron chi connectivity index (χ0n) is 8.82. The summed E-state index contributed by atoms with van der Waals surface area (Å²) in [5, 5.41) is 13.0. The second-order valence-corrected chi connectivity index (χ2v) is 3.42. The van der Waals surface area contributed by atoms with Crippen LogP contribution in [-0.4, -0.2) is 28.7 Å². The molecule has 0 saturated heterocycles. The summed E-state index contributed by atoms with van der Waals surface area (Å²) < 4.78 is 0. The van der Waals surface area contributed by atoms with Crippen molar-refractivity contribution in [2.45, 2.75) is 19.9 Å². The normalized spacial score (nSPS) is 10.1. The molecule has 0 aliphatic heterocycles. The lowest BCUT2D eigenvalue weighted by Gasteiger charge is -2.08. The van der Waals surface area contributed by atoms with Crippen molar-refractivity contribution in [1.29, 1.82) is 0 Å². The van der Waals surface area contributed by atoms with Gasteiger partial charge < -0.3 is 16.4 Å². The van der Waals surface area contributed by atoms with Crippen molar-refractivity contribution in [2.24, 2.45) is 0 Å². The van der Waals surface area contributed by atoms with Gasteiger partial charge in [-0.3, -0.25) is 4.79 Å². The van der Waals surface area contributed by atoms with Crippen molar-refractivity contribution >= 4 is 17.5 Å². The van der Waals surface area contributed by atoms with E-state index in [0.717, 1.165) is 0 Å². The monoisotopic (exact) mass is 209 g/mol. The van der Waals surface area contributed by atoms with E-state index in [1.807, 2.05) is 13.8 Å². The first kappa shape index (κ1) is 11.2. The molecule has 0 unspecified atom stereocenters. The highest BCUT2D eigenvalue weighted by molar-refractivity contribution is 5.80. The molecule has 15 heavy (non-hydrogen) atoms. The summed E-state index contributed by atoms with van der Waals surface area (Å²) in [4.78, 5) is 11.2. The fourth-order valence-electron chi connectivity index (χ4n) is 0.981. The van der Waals surface area contributed by atoms with Crippen LogP contribution in [0, 0.1) is 0 Å². The third-order valence-electron chi connectivity index (χ3n) is 1.56. The zero-order chi connectivity index (χ0) is 11.3. The third kappa shape index (κ3) is 4.26. The van der Waals surface area contributed by atoms with Crippen molar-refractivity contribution < 1.29 is 4.79 Å². The van der Waals surface area contributed by atoms with Gasteiger partial charge in [-0.2, -0.15) is 0 Å². The Morgan fingerprint density at radius 2 is 2.20 bits per heavy atom. The molecule has 0 radical (unpaired) electrons. The molecule has 0 spiro atoms. The number of nitrogens with two attached hydrogens (primary N) is 1. The maximum Gasteiger partial charge on any atom is 0.239 e. The van der Waals surface area contributed by atoms with E-state index in [1.165, 1.54) is 0 Å². The van der Waals surface area contributed by atoms with Crippen molar-refractivity contribution in [3.8, 4) is 0 Å². The average Bonchev–Trinajstić information content (AvgIpc) is 2.16. The van der Waals surface area contributed by atoms with E-state index in [9.17, 15) is 4.79 Å². The van der Waals surface area contributed by atoms with Gasteiger partial charge in [0.1, 0.15) is 11.6 Å². The number of anilines is 2. The Labute approximate surface area is 88.3 Å². The smallest absolute Gasteiger partial charge is 0.239 e. The van der Waals surface area contributed by atoms with E-state index in [-0.39, 0.29) is 18.5 Å². The number of amides is 1. The topological polar surface area (TPSA) is 92.9 Å². The second-order valence-electron chi connectivity index (χ2n) is 3.42. The average molecular weight is 209 g/mol.